The van der Waals surface area contributed by atoms with Crippen molar-refractivity contribution in [1.82, 2.24) is 0 Å². The van der Waals surface area contributed by atoms with Crippen molar-refractivity contribution >= 4 is 11.5 Å². The number of ether oxygens (including phenoxy) is 1. The Balaban J connectivity index is 2.54. The molecule has 0 heterocycles. The molecule has 17 heavy (non-hydrogen) atoms. The molecule has 0 radical (unpaired) electrons. The third kappa shape index (κ3) is 1.87. The van der Waals surface area contributed by atoms with Gasteiger partial charge in [0.1, 0.15) is 6.10 Å². The molecule has 1 aromatic rings. The Morgan fingerprint density at radius 1 is 1.41 bits per heavy atom. The molecule has 3 nitrogen and oxygen atoms in total. The van der Waals surface area contributed by atoms with Crippen molar-refractivity contribution in [2.45, 2.75) is 25.9 Å². The highest BCUT2D eigenvalue weighted by Gasteiger charge is 2.33. The molecule has 0 amide bonds. The zero-order chi connectivity index (χ0) is 12.4. The van der Waals surface area contributed by atoms with E-state index in [0.29, 0.717) is 5.57 Å². The summed E-state index contributed by atoms with van der Waals surface area (Å²) in [6, 6.07) is 7.58. The molecular weight excluding hydrogens is 216 g/mol. The molecule has 0 aromatic heterocycles. The molecule has 1 aliphatic rings. The van der Waals surface area contributed by atoms with Crippen LogP contribution in [0.2, 0.25) is 0 Å². The van der Waals surface area contributed by atoms with Gasteiger partial charge in [-0.2, -0.15) is 0 Å². The molecule has 1 aromatic carbocycles. The minimum atomic E-state index is -0.847. The van der Waals surface area contributed by atoms with Crippen LogP contribution in [-0.4, -0.2) is 18.2 Å². The summed E-state index contributed by atoms with van der Waals surface area (Å²) in [7, 11) is 1.34. The summed E-state index contributed by atoms with van der Waals surface area (Å²) in [4.78, 5) is 11.7. The van der Waals surface area contributed by atoms with Gasteiger partial charge in [0, 0.05) is 0 Å². The minimum absolute atomic E-state index is 0.399. The molecular formula is C14H16O3. The van der Waals surface area contributed by atoms with Crippen LogP contribution < -0.4 is 0 Å². The van der Waals surface area contributed by atoms with Gasteiger partial charge < -0.3 is 9.84 Å². The van der Waals surface area contributed by atoms with Gasteiger partial charge in [-0.3, -0.25) is 0 Å². The van der Waals surface area contributed by atoms with Gasteiger partial charge in [0.2, 0.25) is 0 Å². The lowest BCUT2D eigenvalue weighted by atomic mass is 10.0. The lowest BCUT2D eigenvalue weighted by Gasteiger charge is -2.08. The quantitative estimate of drug-likeness (QED) is 0.814. The summed E-state index contributed by atoms with van der Waals surface area (Å²) in [5.41, 5.74) is 3.09. The molecule has 2 rings (SSSR count). The van der Waals surface area contributed by atoms with Gasteiger partial charge in [0.15, 0.2) is 0 Å². The second-order valence-electron chi connectivity index (χ2n) is 4.12. The number of benzene rings is 1. The summed E-state index contributed by atoms with van der Waals surface area (Å²) in [6.07, 6.45) is 0.857. The van der Waals surface area contributed by atoms with Crippen molar-refractivity contribution < 1.29 is 14.6 Å². The average Bonchev–Trinajstić information content (AvgIpc) is 2.63. The lowest BCUT2D eigenvalue weighted by molar-refractivity contribution is -0.137. The first-order valence-electron chi connectivity index (χ1n) is 5.79. The van der Waals surface area contributed by atoms with Crippen LogP contribution in [0.4, 0.5) is 0 Å². The zero-order valence-electron chi connectivity index (χ0n) is 10.1. The number of carbonyl (C=O) groups excluding carboxylic acids is 1. The first-order valence-corrected chi connectivity index (χ1v) is 5.79. The third-order valence-corrected chi connectivity index (χ3v) is 3.08. The smallest absolute Gasteiger partial charge is 0.337 e. The number of allylic oxidation sites excluding steroid dienone is 1. The van der Waals surface area contributed by atoms with Gasteiger partial charge in [-0.25, -0.2) is 4.79 Å². The van der Waals surface area contributed by atoms with Crippen molar-refractivity contribution in [2.75, 3.05) is 7.11 Å². The number of fused-ring (bicyclic) bond motifs is 1. The van der Waals surface area contributed by atoms with Gasteiger partial charge in [0.25, 0.3) is 0 Å². The number of aliphatic hydroxyl groups is 1. The van der Waals surface area contributed by atoms with Crippen molar-refractivity contribution in [1.29, 1.82) is 0 Å². The fourth-order valence-corrected chi connectivity index (χ4v) is 2.34. The fourth-order valence-electron chi connectivity index (χ4n) is 2.34. The molecule has 0 spiro atoms. The largest absolute Gasteiger partial charge is 0.466 e. The van der Waals surface area contributed by atoms with Crippen LogP contribution in [0.1, 0.15) is 37.0 Å². The van der Waals surface area contributed by atoms with E-state index in [2.05, 4.69) is 6.92 Å². The van der Waals surface area contributed by atoms with Crippen LogP contribution in [0.15, 0.2) is 29.8 Å². The Morgan fingerprint density at radius 2 is 2.12 bits per heavy atom. The highest BCUT2D eigenvalue weighted by molar-refractivity contribution is 6.02. The number of hydrogen-bond donors (Lipinski definition) is 1. The molecule has 1 atom stereocenters. The topological polar surface area (TPSA) is 46.5 Å². The highest BCUT2D eigenvalue weighted by atomic mass is 16.5. The summed E-state index contributed by atoms with van der Waals surface area (Å²) >= 11 is 0. The molecule has 1 unspecified atom stereocenters. The Morgan fingerprint density at radius 3 is 2.76 bits per heavy atom. The molecule has 90 valence electrons. The minimum Gasteiger partial charge on any atom is -0.466 e. The average molecular weight is 232 g/mol. The summed E-state index contributed by atoms with van der Waals surface area (Å²) in [5, 5.41) is 10.2. The van der Waals surface area contributed by atoms with Crippen LogP contribution >= 0.6 is 0 Å². The van der Waals surface area contributed by atoms with E-state index in [4.69, 9.17) is 4.74 Å². The molecule has 0 saturated heterocycles. The Labute approximate surface area is 101 Å². The van der Waals surface area contributed by atoms with E-state index in [1.807, 2.05) is 24.3 Å². The highest BCUT2D eigenvalue weighted by Crippen LogP contribution is 2.42. The lowest BCUT2D eigenvalue weighted by Crippen LogP contribution is -2.10. The maximum Gasteiger partial charge on any atom is 0.337 e. The predicted octanol–water partition coefficient (Wildman–Crippen LogP) is 2.46. The van der Waals surface area contributed by atoms with Crippen molar-refractivity contribution in [3.63, 3.8) is 0 Å². The molecule has 0 saturated carbocycles. The predicted molar refractivity (Wildman–Crippen MR) is 65.2 cm³/mol. The molecule has 0 aliphatic heterocycles. The number of aliphatic hydroxyl groups excluding tert-OH is 1. The van der Waals surface area contributed by atoms with Crippen LogP contribution in [0.25, 0.3) is 5.57 Å². The van der Waals surface area contributed by atoms with E-state index >= 15 is 0 Å². The van der Waals surface area contributed by atoms with E-state index < -0.39 is 12.1 Å². The zero-order valence-corrected chi connectivity index (χ0v) is 10.1. The standard InChI is InChI=1S/C14H16O3/c1-3-6-10-9-7-4-5-8-11(9)13(15)12(10)14(16)17-2/h4-5,7-8,13,15H,3,6H2,1-2H3. The third-order valence-electron chi connectivity index (χ3n) is 3.08. The summed E-state index contributed by atoms with van der Waals surface area (Å²) in [5.74, 6) is -0.433. The molecule has 3 heteroatoms. The number of methoxy groups -OCH3 is 1. The summed E-state index contributed by atoms with van der Waals surface area (Å²) in [6.45, 7) is 2.05. The molecule has 0 bridgehead atoms. The second-order valence-corrected chi connectivity index (χ2v) is 4.12. The molecule has 1 aliphatic carbocycles. The number of esters is 1. The van der Waals surface area contributed by atoms with Crippen LogP contribution in [0.3, 0.4) is 0 Å². The maximum atomic E-state index is 11.7. The Bertz CT molecular complexity index is 474. The summed E-state index contributed by atoms with van der Waals surface area (Å²) < 4.78 is 4.76. The number of hydrogen-bond acceptors (Lipinski definition) is 3. The van der Waals surface area contributed by atoms with Crippen LogP contribution in [0, 0.1) is 0 Å². The van der Waals surface area contributed by atoms with E-state index in [1.165, 1.54) is 7.11 Å². The second kappa shape index (κ2) is 4.72. The number of rotatable bonds is 3. The van der Waals surface area contributed by atoms with Gasteiger partial charge in [0.05, 0.1) is 12.7 Å². The van der Waals surface area contributed by atoms with Crippen molar-refractivity contribution in [3.8, 4) is 0 Å². The first-order chi connectivity index (χ1) is 8.20. The van der Waals surface area contributed by atoms with E-state index in [1.54, 1.807) is 0 Å². The first kappa shape index (κ1) is 11.9. The Hall–Kier alpha value is -1.61. The Kier molecular flexibility index (Phi) is 3.29. The van der Waals surface area contributed by atoms with Gasteiger partial charge in [-0.15, -0.1) is 0 Å². The van der Waals surface area contributed by atoms with Gasteiger partial charge in [-0.05, 0) is 23.1 Å². The normalized spacial score (nSPS) is 18.2. The van der Waals surface area contributed by atoms with E-state index in [-0.39, 0.29) is 0 Å². The van der Waals surface area contributed by atoms with Crippen molar-refractivity contribution in [2.24, 2.45) is 0 Å². The maximum absolute atomic E-state index is 11.7. The van der Waals surface area contributed by atoms with E-state index in [0.717, 1.165) is 29.5 Å². The van der Waals surface area contributed by atoms with Crippen LogP contribution in [-0.2, 0) is 9.53 Å². The molecule has 1 N–H and O–H groups in total. The van der Waals surface area contributed by atoms with Crippen molar-refractivity contribution in [3.05, 3.63) is 41.0 Å². The van der Waals surface area contributed by atoms with Gasteiger partial charge >= 0.3 is 5.97 Å². The van der Waals surface area contributed by atoms with Crippen LogP contribution in [0.5, 0.6) is 0 Å². The van der Waals surface area contributed by atoms with E-state index in [9.17, 15) is 9.90 Å². The monoisotopic (exact) mass is 232 g/mol. The van der Waals surface area contributed by atoms with Gasteiger partial charge in [-0.1, -0.05) is 37.6 Å². The fraction of sp³-hybridized carbons (Fsp3) is 0.357. The molecule has 0 fully saturated rings. The SMILES string of the molecule is CCCC1=C(C(=O)OC)C(O)c2ccccc21. The number of carbonyl (C=O) groups is 1.